The Morgan fingerprint density at radius 1 is 1.40 bits per heavy atom. The average Bonchev–Trinajstić information content (AvgIpc) is 2.16. The third kappa shape index (κ3) is 4.06. The highest BCUT2D eigenvalue weighted by atomic mass is 35.5. The van der Waals surface area contributed by atoms with Gasteiger partial charge < -0.3 is 5.32 Å². The number of nitrogens with zero attached hydrogens (tertiary/aromatic N) is 1. The summed E-state index contributed by atoms with van der Waals surface area (Å²) in [7, 11) is 0. The average molecular weight is 268 g/mol. The van der Waals surface area contributed by atoms with E-state index in [4.69, 9.17) is 34.8 Å². The molecule has 0 aliphatic heterocycles. The fraction of sp³-hybridized carbons (Fsp3) is 0.500. The van der Waals surface area contributed by atoms with E-state index in [0.717, 1.165) is 0 Å². The van der Waals surface area contributed by atoms with Gasteiger partial charge in [-0.2, -0.15) is 0 Å². The quantitative estimate of drug-likeness (QED) is 0.832. The largest absolute Gasteiger partial charge is 0.368 e. The zero-order valence-electron chi connectivity index (χ0n) is 8.65. The smallest absolute Gasteiger partial charge is 0.144 e. The number of nitrogens with one attached hydrogen (secondary N) is 1. The van der Waals surface area contributed by atoms with Gasteiger partial charge in [0, 0.05) is 18.6 Å². The summed E-state index contributed by atoms with van der Waals surface area (Å²) in [5.74, 6) is 1.21. The van der Waals surface area contributed by atoms with Gasteiger partial charge in [0.25, 0.3) is 0 Å². The first-order chi connectivity index (χ1) is 6.94. The Kier molecular flexibility index (Phi) is 4.50. The molecule has 0 saturated heterocycles. The molecule has 0 fully saturated rings. The van der Waals surface area contributed by atoms with Crippen molar-refractivity contribution >= 4 is 40.6 Å². The van der Waals surface area contributed by atoms with Crippen molar-refractivity contribution in [3.63, 3.8) is 0 Å². The molecular weight excluding hydrogens is 254 g/mol. The molecule has 1 rings (SSSR count). The summed E-state index contributed by atoms with van der Waals surface area (Å²) in [5, 5.41) is 4.20. The highest BCUT2D eigenvalue weighted by molar-refractivity contribution is 6.35. The second kappa shape index (κ2) is 5.24. The van der Waals surface area contributed by atoms with Crippen LogP contribution in [-0.4, -0.2) is 17.4 Å². The van der Waals surface area contributed by atoms with E-state index in [2.05, 4.69) is 24.1 Å². The summed E-state index contributed by atoms with van der Waals surface area (Å²) in [5.41, 5.74) is 0.00615. The molecule has 0 bridgehead atoms. The Labute approximate surface area is 105 Å². The number of halogens is 3. The number of hydrogen-bond donors (Lipinski definition) is 1. The molecular formula is C10H13Cl3N2. The first-order valence-corrected chi connectivity index (χ1v) is 5.84. The Bertz CT molecular complexity index is 339. The first kappa shape index (κ1) is 12.9. The van der Waals surface area contributed by atoms with Crippen LogP contribution in [0.3, 0.4) is 0 Å². The van der Waals surface area contributed by atoms with E-state index >= 15 is 0 Å². The van der Waals surface area contributed by atoms with Crippen molar-refractivity contribution in [3.8, 4) is 0 Å². The van der Waals surface area contributed by atoms with Gasteiger partial charge in [0.1, 0.15) is 5.82 Å². The lowest BCUT2D eigenvalue weighted by atomic mass is 9.97. The number of hydrogen-bond acceptors (Lipinski definition) is 2. The molecule has 0 unspecified atom stereocenters. The molecule has 0 spiro atoms. The van der Waals surface area contributed by atoms with Crippen molar-refractivity contribution < 1.29 is 0 Å². The van der Waals surface area contributed by atoms with Crippen LogP contribution in [0.25, 0.3) is 0 Å². The molecule has 0 radical (unpaired) electrons. The summed E-state index contributed by atoms with van der Waals surface area (Å²) >= 11 is 17.5. The monoisotopic (exact) mass is 266 g/mol. The van der Waals surface area contributed by atoms with E-state index in [1.807, 2.05) is 0 Å². The van der Waals surface area contributed by atoms with Crippen LogP contribution < -0.4 is 5.32 Å². The predicted octanol–water partition coefficient (Wildman–Crippen LogP) is 4.07. The summed E-state index contributed by atoms with van der Waals surface area (Å²) in [6.45, 7) is 4.85. The molecule has 15 heavy (non-hydrogen) atoms. The van der Waals surface area contributed by atoms with Gasteiger partial charge in [0.15, 0.2) is 0 Å². The third-order valence-electron chi connectivity index (χ3n) is 1.90. The van der Waals surface area contributed by atoms with Crippen molar-refractivity contribution in [3.05, 3.63) is 22.3 Å². The fourth-order valence-electron chi connectivity index (χ4n) is 0.915. The van der Waals surface area contributed by atoms with Crippen LogP contribution in [0, 0.1) is 5.41 Å². The molecule has 1 N–H and O–H groups in total. The Morgan fingerprint density at radius 3 is 2.60 bits per heavy atom. The number of pyridine rings is 1. The van der Waals surface area contributed by atoms with Crippen LogP contribution in [-0.2, 0) is 0 Å². The minimum atomic E-state index is 0.00615. The molecule has 1 heterocycles. The van der Waals surface area contributed by atoms with E-state index in [9.17, 15) is 0 Å². The zero-order chi connectivity index (χ0) is 11.5. The maximum atomic E-state index is 5.96. The van der Waals surface area contributed by atoms with Crippen molar-refractivity contribution in [2.24, 2.45) is 5.41 Å². The van der Waals surface area contributed by atoms with Gasteiger partial charge in [-0.3, -0.25) is 0 Å². The number of anilines is 1. The van der Waals surface area contributed by atoms with Gasteiger partial charge in [-0.15, -0.1) is 11.6 Å². The van der Waals surface area contributed by atoms with Gasteiger partial charge >= 0.3 is 0 Å². The molecule has 0 aromatic carbocycles. The van der Waals surface area contributed by atoms with Crippen LogP contribution in [0.15, 0.2) is 12.3 Å². The molecule has 0 saturated carbocycles. The van der Waals surface area contributed by atoms with Gasteiger partial charge in [0.2, 0.25) is 0 Å². The highest BCUT2D eigenvalue weighted by Crippen LogP contribution is 2.24. The fourth-order valence-corrected chi connectivity index (χ4v) is 1.46. The maximum Gasteiger partial charge on any atom is 0.144 e. The van der Waals surface area contributed by atoms with Crippen molar-refractivity contribution in [2.45, 2.75) is 13.8 Å². The summed E-state index contributed by atoms with van der Waals surface area (Å²) < 4.78 is 0. The number of alkyl halides is 1. The minimum absolute atomic E-state index is 0.00615. The molecule has 0 atom stereocenters. The molecule has 1 aromatic rings. The van der Waals surface area contributed by atoms with E-state index in [-0.39, 0.29) is 5.41 Å². The minimum Gasteiger partial charge on any atom is -0.368 e. The van der Waals surface area contributed by atoms with Gasteiger partial charge in [-0.1, -0.05) is 37.0 Å². The normalized spacial score (nSPS) is 11.5. The number of rotatable bonds is 4. The molecule has 0 aliphatic carbocycles. The second-order valence-electron chi connectivity index (χ2n) is 4.14. The van der Waals surface area contributed by atoms with Crippen molar-refractivity contribution in [1.29, 1.82) is 0 Å². The maximum absolute atomic E-state index is 5.96. The van der Waals surface area contributed by atoms with E-state index in [1.165, 1.54) is 0 Å². The first-order valence-electron chi connectivity index (χ1n) is 4.55. The molecule has 0 amide bonds. The Hall–Kier alpha value is -0.180. The summed E-state index contributed by atoms with van der Waals surface area (Å²) in [6.07, 6.45) is 1.56. The van der Waals surface area contributed by atoms with Crippen LogP contribution in [0.4, 0.5) is 5.82 Å². The van der Waals surface area contributed by atoms with E-state index in [0.29, 0.717) is 28.3 Å². The highest BCUT2D eigenvalue weighted by Gasteiger charge is 2.16. The Balaban J connectivity index is 2.66. The lowest BCUT2D eigenvalue weighted by Gasteiger charge is -2.22. The number of aromatic nitrogens is 1. The van der Waals surface area contributed by atoms with Gasteiger partial charge in [-0.25, -0.2) is 4.98 Å². The van der Waals surface area contributed by atoms with Crippen LogP contribution >= 0.6 is 34.8 Å². The molecule has 0 aliphatic rings. The lowest BCUT2D eigenvalue weighted by molar-refractivity contribution is 0.449. The van der Waals surface area contributed by atoms with Crippen LogP contribution in [0.2, 0.25) is 10.0 Å². The third-order valence-corrected chi connectivity index (χ3v) is 3.12. The van der Waals surface area contributed by atoms with E-state index in [1.54, 1.807) is 12.3 Å². The summed E-state index contributed by atoms with van der Waals surface area (Å²) in [4.78, 5) is 4.10. The standard InChI is InChI=1S/C10H13Cl3N2/c1-10(2,5-11)6-15-9-8(13)3-7(12)4-14-9/h3-4H,5-6H2,1-2H3,(H,14,15). The van der Waals surface area contributed by atoms with Gasteiger partial charge in [0.05, 0.1) is 10.0 Å². The van der Waals surface area contributed by atoms with Crippen molar-refractivity contribution in [2.75, 3.05) is 17.7 Å². The topological polar surface area (TPSA) is 24.9 Å². The lowest BCUT2D eigenvalue weighted by Crippen LogP contribution is -2.25. The zero-order valence-corrected chi connectivity index (χ0v) is 10.9. The SMILES string of the molecule is CC(C)(CCl)CNc1ncc(Cl)cc1Cl. The van der Waals surface area contributed by atoms with Crippen LogP contribution in [0.5, 0.6) is 0 Å². The van der Waals surface area contributed by atoms with Gasteiger partial charge in [-0.05, 0) is 11.5 Å². The molecule has 84 valence electrons. The predicted molar refractivity (Wildman–Crippen MR) is 67.2 cm³/mol. The van der Waals surface area contributed by atoms with Crippen molar-refractivity contribution in [1.82, 2.24) is 4.98 Å². The summed E-state index contributed by atoms with van der Waals surface area (Å²) in [6, 6.07) is 1.66. The Morgan fingerprint density at radius 2 is 2.07 bits per heavy atom. The molecule has 5 heteroatoms. The van der Waals surface area contributed by atoms with E-state index < -0.39 is 0 Å². The second-order valence-corrected chi connectivity index (χ2v) is 5.25. The molecule has 2 nitrogen and oxygen atoms in total. The van der Waals surface area contributed by atoms with Crippen LogP contribution in [0.1, 0.15) is 13.8 Å². The molecule has 1 aromatic heterocycles.